The normalized spacial score (nSPS) is 13.8. The van der Waals surface area contributed by atoms with Crippen LogP contribution in [-0.2, 0) is 4.79 Å². The number of anilines is 2. The molecule has 18 heavy (non-hydrogen) atoms. The van der Waals surface area contributed by atoms with Crippen molar-refractivity contribution in [2.45, 2.75) is 32.2 Å². The molecule has 3 amide bonds. The third kappa shape index (κ3) is 3.76. The fraction of sp³-hybridized carbons (Fsp3) is 0.385. The van der Waals surface area contributed by atoms with Crippen molar-refractivity contribution in [2.24, 2.45) is 0 Å². The van der Waals surface area contributed by atoms with E-state index in [1.54, 1.807) is 31.2 Å². The van der Waals surface area contributed by atoms with E-state index in [0.29, 0.717) is 18.2 Å². The standard InChI is InChI=1S/C13H17N3O2/c1-2-12(17)14-9-3-5-10(6-4-9)15-13(18)16-11-7-8-11/h3-6,11H,2,7-8H2,1H3,(H,14,17)(H2,15,16,18). The highest BCUT2D eigenvalue weighted by molar-refractivity contribution is 5.92. The van der Waals surface area contributed by atoms with Crippen LogP contribution in [0.4, 0.5) is 16.2 Å². The van der Waals surface area contributed by atoms with Crippen LogP contribution in [0, 0.1) is 0 Å². The maximum atomic E-state index is 11.5. The van der Waals surface area contributed by atoms with Gasteiger partial charge in [-0.05, 0) is 37.1 Å². The SMILES string of the molecule is CCC(=O)Nc1ccc(NC(=O)NC2CC2)cc1. The van der Waals surface area contributed by atoms with Crippen molar-refractivity contribution >= 4 is 23.3 Å². The molecule has 3 N–H and O–H groups in total. The van der Waals surface area contributed by atoms with Crippen LogP contribution in [-0.4, -0.2) is 18.0 Å². The molecule has 1 aliphatic carbocycles. The number of hydrogen-bond acceptors (Lipinski definition) is 2. The molecule has 1 aliphatic rings. The molecule has 0 spiro atoms. The van der Waals surface area contributed by atoms with Gasteiger partial charge in [-0.1, -0.05) is 6.92 Å². The van der Waals surface area contributed by atoms with Gasteiger partial charge in [-0.15, -0.1) is 0 Å². The van der Waals surface area contributed by atoms with Crippen molar-refractivity contribution in [1.82, 2.24) is 5.32 Å². The Bertz CT molecular complexity index is 438. The van der Waals surface area contributed by atoms with Crippen LogP contribution >= 0.6 is 0 Å². The Labute approximate surface area is 106 Å². The molecule has 0 aliphatic heterocycles. The maximum absolute atomic E-state index is 11.5. The largest absolute Gasteiger partial charge is 0.335 e. The molecule has 0 radical (unpaired) electrons. The number of carbonyl (C=O) groups excluding carboxylic acids is 2. The summed E-state index contributed by atoms with van der Waals surface area (Å²) in [6.07, 6.45) is 2.58. The first-order valence-corrected chi connectivity index (χ1v) is 6.15. The van der Waals surface area contributed by atoms with Crippen molar-refractivity contribution in [1.29, 1.82) is 0 Å². The van der Waals surface area contributed by atoms with Crippen LogP contribution in [0.2, 0.25) is 0 Å². The molecule has 1 saturated carbocycles. The maximum Gasteiger partial charge on any atom is 0.319 e. The van der Waals surface area contributed by atoms with E-state index in [4.69, 9.17) is 0 Å². The van der Waals surface area contributed by atoms with E-state index in [-0.39, 0.29) is 11.9 Å². The molecule has 0 heterocycles. The summed E-state index contributed by atoms with van der Waals surface area (Å²) in [5.74, 6) is -0.0258. The first kappa shape index (κ1) is 12.4. The van der Waals surface area contributed by atoms with Crippen molar-refractivity contribution in [2.75, 3.05) is 10.6 Å². The Morgan fingerprint density at radius 3 is 2.17 bits per heavy atom. The van der Waals surface area contributed by atoms with Gasteiger partial charge in [-0.3, -0.25) is 4.79 Å². The number of carbonyl (C=O) groups is 2. The summed E-state index contributed by atoms with van der Waals surface area (Å²) in [4.78, 5) is 22.7. The van der Waals surface area contributed by atoms with Crippen LogP contribution in [0.1, 0.15) is 26.2 Å². The van der Waals surface area contributed by atoms with E-state index in [0.717, 1.165) is 18.5 Å². The van der Waals surface area contributed by atoms with E-state index < -0.39 is 0 Å². The lowest BCUT2D eigenvalue weighted by molar-refractivity contribution is -0.115. The van der Waals surface area contributed by atoms with Gasteiger partial charge in [-0.25, -0.2) is 4.79 Å². The molecule has 1 fully saturated rings. The minimum atomic E-state index is -0.178. The topological polar surface area (TPSA) is 70.2 Å². The van der Waals surface area contributed by atoms with E-state index in [2.05, 4.69) is 16.0 Å². The molecule has 5 nitrogen and oxygen atoms in total. The molecular weight excluding hydrogens is 230 g/mol. The third-order valence-electron chi connectivity index (χ3n) is 2.66. The molecule has 0 atom stereocenters. The number of amides is 3. The molecule has 96 valence electrons. The number of hydrogen-bond donors (Lipinski definition) is 3. The van der Waals surface area contributed by atoms with Gasteiger partial charge in [0.05, 0.1) is 0 Å². The smallest absolute Gasteiger partial charge is 0.319 e. The lowest BCUT2D eigenvalue weighted by Crippen LogP contribution is -2.30. The first-order chi connectivity index (χ1) is 8.67. The fourth-order valence-electron chi connectivity index (χ4n) is 1.47. The molecular formula is C13H17N3O2. The summed E-state index contributed by atoms with van der Waals surface area (Å²) in [5, 5.41) is 8.33. The minimum Gasteiger partial charge on any atom is -0.335 e. The van der Waals surface area contributed by atoms with Crippen LogP contribution in [0.3, 0.4) is 0 Å². The number of urea groups is 1. The van der Waals surface area contributed by atoms with Crippen LogP contribution in [0.15, 0.2) is 24.3 Å². The lowest BCUT2D eigenvalue weighted by Gasteiger charge is -2.08. The number of rotatable bonds is 4. The summed E-state index contributed by atoms with van der Waals surface area (Å²) in [7, 11) is 0. The van der Waals surface area contributed by atoms with Crippen LogP contribution < -0.4 is 16.0 Å². The predicted octanol–water partition coefficient (Wildman–Crippen LogP) is 2.32. The van der Waals surface area contributed by atoms with E-state index in [1.165, 1.54) is 0 Å². The van der Waals surface area contributed by atoms with Gasteiger partial charge in [0.25, 0.3) is 0 Å². The Morgan fingerprint density at radius 2 is 1.67 bits per heavy atom. The monoisotopic (exact) mass is 247 g/mol. The Balaban J connectivity index is 1.86. The fourth-order valence-corrected chi connectivity index (χ4v) is 1.47. The Morgan fingerprint density at radius 1 is 1.11 bits per heavy atom. The molecule has 0 saturated heterocycles. The zero-order valence-corrected chi connectivity index (χ0v) is 10.3. The molecule has 1 aromatic carbocycles. The average Bonchev–Trinajstić information content (AvgIpc) is 3.15. The van der Waals surface area contributed by atoms with Crippen molar-refractivity contribution < 1.29 is 9.59 Å². The van der Waals surface area contributed by atoms with Gasteiger partial charge >= 0.3 is 6.03 Å². The Kier molecular flexibility index (Phi) is 3.82. The molecule has 0 unspecified atom stereocenters. The van der Waals surface area contributed by atoms with Crippen LogP contribution in [0.5, 0.6) is 0 Å². The highest BCUT2D eigenvalue weighted by Crippen LogP contribution is 2.19. The van der Waals surface area contributed by atoms with Crippen molar-refractivity contribution in [3.05, 3.63) is 24.3 Å². The summed E-state index contributed by atoms with van der Waals surface area (Å²) >= 11 is 0. The lowest BCUT2D eigenvalue weighted by atomic mass is 10.2. The Hall–Kier alpha value is -2.04. The molecule has 5 heteroatoms. The van der Waals surface area contributed by atoms with Gasteiger partial charge in [0, 0.05) is 23.8 Å². The van der Waals surface area contributed by atoms with Gasteiger partial charge in [0.15, 0.2) is 0 Å². The van der Waals surface area contributed by atoms with Crippen molar-refractivity contribution in [3.63, 3.8) is 0 Å². The van der Waals surface area contributed by atoms with Gasteiger partial charge in [0.1, 0.15) is 0 Å². The van der Waals surface area contributed by atoms with Gasteiger partial charge < -0.3 is 16.0 Å². The third-order valence-corrected chi connectivity index (χ3v) is 2.66. The summed E-state index contributed by atoms with van der Waals surface area (Å²) in [6.45, 7) is 1.80. The summed E-state index contributed by atoms with van der Waals surface area (Å²) in [5.41, 5.74) is 1.44. The molecule has 1 aromatic rings. The second-order valence-electron chi connectivity index (χ2n) is 4.35. The first-order valence-electron chi connectivity index (χ1n) is 6.15. The van der Waals surface area contributed by atoms with Crippen molar-refractivity contribution in [3.8, 4) is 0 Å². The van der Waals surface area contributed by atoms with E-state index in [1.807, 2.05) is 0 Å². The highest BCUT2D eigenvalue weighted by Gasteiger charge is 2.23. The zero-order chi connectivity index (χ0) is 13.0. The second-order valence-corrected chi connectivity index (χ2v) is 4.35. The van der Waals surface area contributed by atoms with E-state index >= 15 is 0 Å². The van der Waals surface area contributed by atoms with Gasteiger partial charge in [0.2, 0.25) is 5.91 Å². The van der Waals surface area contributed by atoms with Gasteiger partial charge in [-0.2, -0.15) is 0 Å². The second kappa shape index (κ2) is 5.53. The molecule has 0 aromatic heterocycles. The predicted molar refractivity (Wildman–Crippen MR) is 70.5 cm³/mol. The quantitative estimate of drug-likeness (QED) is 0.764. The number of nitrogens with one attached hydrogen (secondary N) is 3. The van der Waals surface area contributed by atoms with Crippen LogP contribution in [0.25, 0.3) is 0 Å². The van der Waals surface area contributed by atoms with E-state index in [9.17, 15) is 9.59 Å². The summed E-state index contributed by atoms with van der Waals surface area (Å²) in [6, 6.07) is 7.21. The summed E-state index contributed by atoms with van der Waals surface area (Å²) < 4.78 is 0. The molecule has 2 rings (SSSR count). The average molecular weight is 247 g/mol. The zero-order valence-electron chi connectivity index (χ0n) is 10.3. The molecule has 0 bridgehead atoms. The number of benzene rings is 1. The highest BCUT2D eigenvalue weighted by atomic mass is 16.2. The minimum absolute atomic E-state index is 0.0258.